The molecule has 4 rings (SSSR count). The minimum absolute atomic E-state index is 0.108. The molecule has 0 radical (unpaired) electrons. The van der Waals surface area contributed by atoms with E-state index in [9.17, 15) is 9.59 Å². The number of likely N-dealkylation sites (tertiary alicyclic amines) is 1. The highest BCUT2D eigenvalue weighted by Gasteiger charge is 2.38. The van der Waals surface area contributed by atoms with E-state index in [0.717, 1.165) is 24.2 Å². The van der Waals surface area contributed by atoms with Crippen LogP contribution >= 0.6 is 0 Å². The van der Waals surface area contributed by atoms with Crippen molar-refractivity contribution in [3.05, 3.63) is 54.1 Å². The molecule has 1 N–H and O–H groups in total. The Morgan fingerprint density at radius 2 is 1.79 bits per heavy atom. The van der Waals surface area contributed by atoms with Gasteiger partial charge in [0.05, 0.1) is 11.6 Å². The summed E-state index contributed by atoms with van der Waals surface area (Å²) in [6, 6.07) is 15.5. The molecule has 28 heavy (non-hydrogen) atoms. The minimum Gasteiger partial charge on any atom is -0.455 e. The zero-order valence-electron chi connectivity index (χ0n) is 16.2. The zero-order chi connectivity index (χ0) is 19.5. The average molecular weight is 378 g/mol. The van der Waals surface area contributed by atoms with Crippen LogP contribution in [0.4, 0.5) is 5.69 Å². The van der Waals surface area contributed by atoms with Crippen molar-refractivity contribution in [3.8, 4) is 11.5 Å². The number of carbonyl (C=O) groups excluding carboxylic acids is 2. The first-order valence-corrected chi connectivity index (χ1v) is 10.0. The molecular formula is C23H26N2O3. The summed E-state index contributed by atoms with van der Waals surface area (Å²) < 4.78 is 5.96. The number of benzene rings is 2. The molecule has 0 aromatic heterocycles. The summed E-state index contributed by atoms with van der Waals surface area (Å²) in [4.78, 5) is 27.1. The van der Waals surface area contributed by atoms with Crippen LogP contribution in [-0.4, -0.2) is 29.3 Å². The number of rotatable bonds is 5. The third kappa shape index (κ3) is 4.03. The Kier molecular flexibility index (Phi) is 5.33. The fourth-order valence-corrected chi connectivity index (χ4v) is 4.10. The Hall–Kier alpha value is -2.82. The molecule has 1 atom stereocenters. The van der Waals surface area contributed by atoms with Gasteiger partial charge in [-0.1, -0.05) is 42.7 Å². The van der Waals surface area contributed by atoms with Crippen molar-refractivity contribution < 1.29 is 14.3 Å². The molecule has 1 saturated heterocycles. The number of ether oxygens (including phenoxy) is 1. The highest BCUT2D eigenvalue weighted by atomic mass is 16.5. The average Bonchev–Trinajstić information content (AvgIpc) is 3.34. The molecule has 0 spiro atoms. The van der Waals surface area contributed by atoms with E-state index in [0.29, 0.717) is 30.4 Å². The number of aryl methyl sites for hydroxylation is 1. The lowest BCUT2D eigenvalue weighted by Crippen LogP contribution is -2.35. The van der Waals surface area contributed by atoms with Gasteiger partial charge in [-0.05, 0) is 44.0 Å². The Labute approximate surface area is 165 Å². The van der Waals surface area contributed by atoms with Crippen LogP contribution in [0.1, 0.15) is 37.7 Å². The first kappa shape index (κ1) is 18.5. The lowest BCUT2D eigenvalue weighted by molar-refractivity contribution is -0.129. The van der Waals surface area contributed by atoms with Crippen molar-refractivity contribution in [2.24, 2.45) is 5.92 Å². The molecule has 2 fully saturated rings. The van der Waals surface area contributed by atoms with Crippen molar-refractivity contribution in [2.45, 2.75) is 45.1 Å². The van der Waals surface area contributed by atoms with Crippen LogP contribution < -0.4 is 10.1 Å². The van der Waals surface area contributed by atoms with Crippen LogP contribution in [0, 0.1) is 12.8 Å². The Morgan fingerprint density at radius 1 is 1.07 bits per heavy atom. The molecule has 2 amide bonds. The van der Waals surface area contributed by atoms with E-state index in [1.165, 1.54) is 12.8 Å². The van der Waals surface area contributed by atoms with Gasteiger partial charge in [-0.15, -0.1) is 0 Å². The van der Waals surface area contributed by atoms with Crippen LogP contribution in [0.2, 0.25) is 0 Å². The molecule has 5 heteroatoms. The summed E-state index contributed by atoms with van der Waals surface area (Å²) in [5, 5.41) is 2.97. The fraction of sp³-hybridized carbons (Fsp3) is 0.391. The van der Waals surface area contributed by atoms with E-state index in [1.807, 2.05) is 60.4 Å². The normalized spacial score (nSPS) is 19.8. The van der Waals surface area contributed by atoms with Crippen molar-refractivity contribution in [1.82, 2.24) is 4.90 Å². The smallest absolute Gasteiger partial charge is 0.229 e. The molecule has 1 unspecified atom stereocenters. The second-order valence-corrected chi connectivity index (χ2v) is 7.79. The summed E-state index contributed by atoms with van der Waals surface area (Å²) >= 11 is 0. The molecule has 1 aliphatic heterocycles. The van der Waals surface area contributed by atoms with Gasteiger partial charge in [-0.2, -0.15) is 0 Å². The summed E-state index contributed by atoms with van der Waals surface area (Å²) in [6.45, 7) is 2.55. The number of nitrogens with one attached hydrogen (secondary N) is 1. The summed E-state index contributed by atoms with van der Waals surface area (Å²) in [5.74, 6) is 0.998. The van der Waals surface area contributed by atoms with Gasteiger partial charge in [-0.3, -0.25) is 9.59 Å². The van der Waals surface area contributed by atoms with Crippen LogP contribution in [0.15, 0.2) is 48.5 Å². The van der Waals surface area contributed by atoms with Crippen LogP contribution in [0.3, 0.4) is 0 Å². The molecular weight excluding hydrogens is 352 g/mol. The molecule has 2 aromatic rings. The van der Waals surface area contributed by atoms with Gasteiger partial charge < -0.3 is 15.0 Å². The quantitative estimate of drug-likeness (QED) is 0.832. The van der Waals surface area contributed by atoms with E-state index >= 15 is 0 Å². The maximum atomic E-state index is 12.8. The first-order valence-electron chi connectivity index (χ1n) is 10.0. The number of hydrogen-bond donors (Lipinski definition) is 1. The molecule has 146 valence electrons. The van der Waals surface area contributed by atoms with Gasteiger partial charge in [0.25, 0.3) is 0 Å². The van der Waals surface area contributed by atoms with Gasteiger partial charge >= 0.3 is 0 Å². The highest BCUT2D eigenvalue weighted by molar-refractivity contribution is 5.98. The minimum atomic E-state index is -0.305. The summed E-state index contributed by atoms with van der Waals surface area (Å²) in [6.07, 6.45) is 4.77. The maximum absolute atomic E-state index is 12.8. The number of anilines is 1. The highest BCUT2D eigenvalue weighted by Crippen LogP contribution is 2.32. The predicted octanol–water partition coefficient (Wildman–Crippen LogP) is 4.52. The molecule has 2 aromatic carbocycles. The van der Waals surface area contributed by atoms with E-state index < -0.39 is 0 Å². The molecule has 1 heterocycles. The molecule has 1 aliphatic carbocycles. The van der Waals surface area contributed by atoms with Crippen molar-refractivity contribution in [3.63, 3.8) is 0 Å². The van der Waals surface area contributed by atoms with Gasteiger partial charge in [-0.25, -0.2) is 0 Å². The largest absolute Gasteiger partial charge is 0.455 e. The Bertz CT molecular complexity index is 856. The van der Waals surface area contributed by atoms with Crippen molar-refractivity contribution in [2.75, 3.05) is 11.9 Å². The summed E-state index contributed by atoms with van der Waals surface area (Å²) in [5.41, 5.74) is 1.78. The molecule has 1 saturated carbocycles. The predicted molar refractivity (Wildman–Crippen MR) is 108 cm³/mol. The van der Waals surface area contributed by atoms with Crippen molar-refractivity contribution >= 4 is 17.5 Å². The van der Waals surface area contributed by atoms with Crippen molar-refractivity contribution in [1.29, 1.82) is 0 Å². The van der Waals surface area contributed by atoms with E-state index in [1.54, 1.807) is 0 Å². The third-order valence-corrected chi connectivity index (χ3v) is 5.69. The lowest BCUT2D eigenvalue weighted by Gasteiger charge is -2.24. The topological polar surface area (TPSA) is 58.6 Å². The standard InChI is InChI=1S/C23H26N2O3/c1-16-10-12-19(13-11-16)28-21-9-5-4-8-20(21)24-23(27)17-14-22(26)25(15-17)18-6-2-3-7-18/h4-5,8-13,17-18H,2-3,6-7,14-15H2,1H3,(H,24,27). The van der Waals surface area contributed by atoms with Gasteiger partial charge in [0.1, 0.15) is 5.75 Å². The molecule has 0 bridgehead atoms. The van der Waals surface area contributed by atoms with Crippen LogP contribution in [0.25, 0.3) is 0 Å². The Balaban J connectivity index is 1.43. The number of nitrogens with zero attached hydrogens (tertiary/aromatic N) is 1. The monoisotopic (exact) mass is 378 g/mol. The third-order valence-electron chi connectivity index (χ3n) is 5.69. The molecule has 5 nitrogen and oxygen atoms in total. The SMILES string of the molecule is Cc1ccc(Oc2ccccc2NC(=O)C2CC(=O)N(C3CCCC3)C2)cc1. The van der Waals surface area contributed by atoms with Crippen LogP contribution in [-0.2, 0) is 9.59 Å². The van der Waals surface area contributed by atoms with E-state index in [-0.39, 0.29) is 17.7 Å². The van der Waals surface area contributed by atoms with Gasteiger partial charge in [0, 0.05) is 19.0 Å². The van der Waals surface area contributed by atoms with Gasteiger partial charge in [0.15, 0.2) is 5.75 Å². The second-order valence-electron chi connectivity index (χ2n) is 7.79. The second kappa shape index (κ2) is 8.05. The maximum Gasteiger partial charge on any atom is 0.229 e. The number of para-hydroxylation sites is 2. The zero-order valence-corrected chi connectivity index (χ0v) is 16.2. The fourth-order valence-electron chi connectivity index (χ4n) is 4.10. The first-order chi connectivity index (χ1) is 13.6. The Morgan fingerprint density at radius 3 is 2.54 bits per heavy atom. The number of amides is 2. The van der Waals surface area contributed by atoms with Gasteiger partial charge in [0.2, 0.25) is 11.8 Å². The number of carbonyl (C=O) groups is 2. The van der Waals surface area contributed by atoms with Crippen LogP contribution in [0.5, 0.6) is 11.5 Å². The lowest BCUT2D eigenvalue weighted by atomic mass is 10.1. The van der Waals surface area contributed by atoms with E-state index in [2.05, 4.69) is 5.32 Å². The van der Waals surface area contributed by atoms with E-state index in [4.69, 9.17) is 4.74 Å². The molecule has 2 aliphatic rings. The summed E-state index contributed by atoms with van der Waals surface area (Å²) in [7, 11) is 0. The number of hydrogen-bond acceptors (Lipinski definition) is 3.